The Morgan fingerprint density at radius 3 is 2.76 bits per heavy atom. The van der Waals surface area contributed by atoms with Gasteiger partial charge in [0, 0.05) is 45.4 Å². The summed E-state index contributed by atoms with van der Waals surface area (Å²) in [7, 11) is 3.99. The number of aromatic nitrogens is 5. The SMILES string of the molecule is CCNc1cn2ccnc2c(N(C)Cc2nccn2C)n1. The molecule has 0 aliphatic carbocycles. The van der Waals surface area contributed by atoms with E-state index in [0.29, 0.717) is 6.54 Å². The van der Waals surface area contributed by atoms with Crippen LogP contribution >= 0.6 is 0 Å². The van der Waals surface area contributed by atoms with Crippen molar-refractivity contribution in [3.05, 3.63) is 36.8 Å². The second-order valence-electron chi connectivity index (χ2n) is 4.95. The molecule has 3 heterocycles. The minimum atomic E-state index is 0.675. The van der Waals surface area contributed by atoms with E-state index in [1.165, 1.54) is 0 Å². The van der Waals surface area contributed by atoms with Gasteiger partial charge in [0.05, 0.1) is 12.7 Å². The van der Waals surface area contributed by atoms with Crippen molar-refractivity contribution in [2.75, 3.05) is 23.8 Å². The van der Waals surface area contributed by atoms with Crippen molar-refractivity contribution < 1.29 is 0 Å². The normalized spacial score (nSPS) is 11.0. The highest BCUT2D eigenvalue weighted by Gasteiger charge is 2.13. The van der Waals surface area contributed by atoms with Gasteiger partial charge in [-0.2, -0.15) is 0 Å². The van der Waals surface area contributed by atoms with Gasteiger partial charge in [0.15, 0.2) is 11.5 Å². The molecule has 0 saturated heterocycles. The van der Waals surface area contributed by atoms with Crippen LogP contribution in [0.3, 0.4) is 0 Å². The van der Waals surface area contributed by atoms with Crippen molar-refractivity contribution in [1.29, 1.82) is 0 Å². The third-order valence-corrected chi connectivity index (χ3v) is 3.38. The number of nitrogens with zero attached hydrogens (tertiary/aromatic N) is 6. The molecule has 0 aliphatic rings. The third kappa shape index (κ3) is 2.54. The van der Waals surface area contributed by atoms with Gasteiger partial charge < -0.3 is 19.2 Å². The minimum Gasteiger partial charge on any atom is -0.369 e. The number of hydrogen-bond acceptors (Lipinski definition) is 5. The highest BCUT2D eigenvalue weighted by molar-refractivity contribution is 5.66. The monoisotopic (exact) mass is 285 g/mol. The fourth-order valence-electron chi connectivity index (χ4n) is 2.27. The van der Waals surface area contributed by atoms with Crippen LogP contribution in [-0.4, -0.2) is 37.5 Å². The summed E-state index contributed by atoms with van der Waals surface area (Å²) in [6.07, 6.45) is 9.40. The standard InChI is InChI=1S/C14H19N7/c1-4-15-11-9-21-8-6-17-13(21)14(18-11)20(3)10-12-16-5-7-19(12)2/h5-9,15H,4,10H2,1-3H3. The Morgan fingerprint density at radius 1 is 1.24 bits per heavy atom. The van der Waals surface area contributed by atoms with Crippen LogP contribution in [0.1, 0.15) is 12.7 Å². The molecule has 0 atom stereocenters. The summed E-state index contributed by atoms with van der Waals surface area (Å²) in [6.45, 7) is 3.56. The van der Waals surface area contributed by atoms with Crippen LogP contribution in [0.25, 0.3) is 5.65 Å². The van der Waals surface area contributed by atoms with Gasteiger partial charge in [0.1, 0.15) is 11.6 Å². The van der Waals surface area contributed by atoms with Crippen molar-refractivity contribution >= 4 is 17.3 Å². The quantitative estimate of drug-likeness (QED) is 0.770. The summed E-state index contributed by atoms with van der Waals surface area (Å²) in [5.74, 6) is 2.66. The molecule has 0 saturated carbocycles. The first-order valence-corrected chi connectivity index (χ1v) is 6.94. The molecule has 3 aromatic heterocycles. The molecule has 110 valence electrons. The number of nitrogens with one attached hydrogen (secondary N) is 1. The number of aryl methyl sites for hydroxylation is 1. The lowest BCUT2D eigenvalue weighted by molar-refractivity contribution is 0.755. The molecule has 3 rings (SSSR count). The Labute approximate surface area is 123 Å². The molecule has 0 aliphatic heterocycles. The zero-order valence-corrected chi connectivity index (χ0v) is 12.5. The fourth-order valence-corrected chi connectivity index (χ4v) is 2.27. The van der Waals surface area contributed by atoms with E-state index in [0.717, 1.165) is 29.7 Å². The topological polar surface area (TPSA) is 63.3 Å². The van der Waals surface area contributed by atoms with E-state index < -0.39 is 0 Å². The average Bonchev–Trinajstić information content (AvgIpc) is 3.08. The predicted molar refractivity (Wildman–Crippen MR) is 82.5 cm³/mol. The van der Waals surface area contributed by atoms with E-state index in [9.17, 15) is 0 Å². The van der Waals surface area contributed by atoms with E-state index in [4.69, 9.17) is 0 Å². The molecule has 7 heteroatoms. The van der Waals surface area contributed by atoms with E-state index in [2.05, 4.69) is 32.1 Å². The Hall–Kier alpha value is -2.57. The molecule has 3 aromatic rings. The first-order chi connectivity index (χ1) is 10.2. The van der Waals surface area contributed by atoms with Crippen molar-refractivity contribution in [2.24, 2.45) is 7.05 Å². The van der Waals surface area contributed by atoms with Crippen LogP contribution in [0, 0.1) is 0 Å². The van der Waals surface area contributed by atoms with E-state index in [1.807, 2.05) is 41.7 Å². The van der Waals surface area contributed by atoms with Crippen LogP contribution in [0.2, 0.25) is 0 Å². The summed E-state index contributed by atoms with van der Waals surface area (Å²) in [4.78, 5) is 15.5. The van der Waals surface area contributed by atoms with Crippen LogP contribution in [0.4, 0.5) is 11.6 Å². The maximum absolute atomic E-state index is 4.67. The lowest BCUT2D eigenvalue weighted by atomic mass is 10.4. The molecule has 0 aromatic carbocycles. The maximum atomic E-state index is 4.67. The lowest BCUT2D eigenvalue weighted by Gasteiger charge is -2.19. The number of hydrogen-bond donors (Lipinski definition) is 1. The van der Waals surface area contributed by atoms with Gasteiger partial charge in [-0.15, -0.1) is 0 Å². The largest absolute Gasteiger partial charge is 0.369 e. The molecular formula is C14H19N7. The van der Waals surface area contributed by atoms with E-state index in [-0.39, 0.29) is 0 Å². The number of imidazole rings is 2. The van der Waals surface area contributed by atoms with Gasteiger partial charge in [-0.1, -0.05) is 0 Å². The summed E-state index contributed by atoms with van der Waals surface area (Å²) >= 11 is 0. The van der Waals surface area contributed by atoms with Crippen molar-refractivity contribution in [3.63, 3.8) is 0 Å². The second-order valence-corrected chi connectivity index (χ2v) is 4.95. The Kier molecular flexibility index (Phi) is 3.47. The van der Waals surface area contributed by atoms with Crippen molar-refractivity contribution in [1.82, 2.24) is 23.9 Å². The first-order valence-electron chi connectivity index (χ1n) is 6.94. The van der Waals surface area contributed by atoms with Gasteiger partial charge in [0.25, 0.3) is 0 Å². The highest BCUT2D eigenvalue weighted by atomic mass is 15.2. The third-order valence-electron chi connectivity index (χ3n) is 3.38. The summed E-state index contributed by atoms with van der Waals surface area (Å²) in [5.41, 5.74) is 0.841. The van der Waals surface area contributed by atoms with E-state index in [1.54, 1.807) is 12.4 Å². The zero-order chi connectivity index (χ0) is 14.8. The van der Waals surface area contributed by atoms with Crippen LogP contribution in [0.5, 0.6) is 0 Å². The molecule has 0 unspecified atom stereocenters. The summed E-state index contributed by atoms with van der Waals surface area (Å²) in [5, 5.41) is 3.25. The molecule has 0 amide bonds. The van der Waals surface area contributed by atoms with Gasteiger partial charge in [0.2, 0.25) is 0 Å². The lowest BCUT2D eigenvalue weighted by Crippen LogP contribution is -2.21. The Balaban J connectivity index is 1.97. The molecule has 0 spiro atoms. The smallest absolute Gasteiger partial charge is 0.180 e. The Morgan fingerprint density at radius 2 is 2.05 bits per heavy atom. The molecule has 21 heavy (non-hydrogen) atoms. The predicted octanol–water partition coefficient (Wildman–Crippen LogP) is 1.53. The summed E-state index contributed by atoms with van der Waals surface area (Å²) < 4.78 is 3.99. The zero-order valence-electron chi connectivity index (χ0n) is 12.5. The fraction of sp³-hybridized carbons (Fsp3) is 0.357. The molecule has 1 N–H and O–H groups in total. The van der Waals surface area contributed by atoms with Crippen molar-refractivity contribution in [3.8, 4) is 0 Å². The number of anilines is 2. The molecule has 7 nitrogen and oxygen atoms in total. The maximum Gasteiger partial charge on any atom is 0.180 e. The molecule has 0 fully saturated rings. The van der Waals surface area contributed by atoms with Crippen LogP contribution in [0.15, 0.2) is 31.0 Å². The van der Waals surface area contributed by atoms with Crippen LogP contribution in [-0.2, 0) is 13.6 Å². The number of rotatable bonds is 5. The van der Waals surface area contributed by atoms with Crippen LogP contribution < -0.4 is 10.2 Å². The first kappa shape index (κ1) is 13.4. The summed E-state index contributed by atoms with van der Waals surface area (Å²) in [6, 6.07) is 0. The van der Waals surface area contributed by atoms with Gasteiger partial charge >= 0.3 is 0 Å². The highest BCUT2D eigenvalue weighted by Crippen LogP contribution is 2.20. The van der Waals surface area contributed by atoms with Crippen molar-refractivity contribution in [2.45, 2.75) is 13.5 Å². The molecule has 0 bridgehead atoms. The Bertz CT molecular complexity index is 743. The number of fused-ring (bicyclic) bond motifs is 1. The van der Waals surface area contributed by atoms with Gasteiger partial charge in [-0.3, -0.25) is 0 Å². The van der Waals surface area contributed by atoms with Gasteiger partial charge in [-0.05, 0) is 6.92 Å². The molecule has 0 radical (unpaired) electrons. The second kappa shape index (κ2) is 5.43. The molecular weight excluding hydrogens is 266 g/mol. The van der Waals surface area contributed by atoms with E-state index >= 15 is 0 Å². The minimum absolute atomic E-state index is 0.675. The average molecular weight is 285 g/mol. The van der Waals surface area contributed by atoms with Gasteiger partial charge in [-0.25, -0.2) is 15.0 Å².